The van der Waals surface area contributed by atoms with Crippen molar-refractivity contribution in [2.75, 3.05) is 6.61 Å². The van der Waals surface area contributed by atoms with Gasteiger partial charge < -0.3 is 30.3 Å². The van der Waals surface area contributed by atoms with Crippen molar-refractivity contribution in [1.82, 2.24) is 0 Å². The van der Waals surface area contributed by atoms with E-state index >= 15 is 0 Å². The third-order valence-electron chi connectivity index (χ3n) is 1.84. The van der Waals surface area contributed by atoms with Crippen LogP contribution in [0.15, 0.2) is 0 Å². The van der Waals surface area contributed by atoms with Gasteiger partial charge >= 0.3 is 0 Å². The van der Waals surface area contributed by atoms with Crippen LogP contribution in [0.2, 0.25) is 0 Å². The van der Waals surface area contributed by atoms with E-state index in [1.807, 2.05) is 0 Å². The number of rotatable bonds is 2. The number of aliphatic hydroxyl groups excluding tert-OH is 5. The predicted molar refractivity (Wildman–Crippen MR) is 36.0 cm³/mol. The van der Waals surface area contributed by atoms with Crippen LogP contribution in [-0.2, 0) is 4.74 Å². The Labute approximate surface area is 68.6 Å². The second kappa shape index (κ2) is 3.65. The van der Waals surface area contributed by atoms with Crippen LogP contribution < -0.4 is 0 Å². The van der Waals surface area contributed by atoms with E-state index in [1.54, 1.807) is 0 Å². The van der Waals surface area contributed by atoms with Crippen LogP contribution in [0.1, 0.15) is 0 Å². The standard InChI is InChI=1S/C6H12O6/c7-1-2(8)5-3(9)4(10)6(11)12-5/h2-11H,1H2/t2-,3?,4?,5+,6+/m0/s1. The molecule has 1 aliphatic rings. The van der Waals surface area contributed by atoms with Crippen molar-refractivity contribution in [3.63, 3.8) is 0 Å². The minimum Gasteiger partial charge on any atom is -0.394 e. The molecule has 12 heavy (non-hydrogen) atoms. The van der Waals surface area contributed by atoms with Crippen molar-refractivity contribution in [2.45, 2.75) is 30.7 Å². The molecule has 0 saturated carbocycles. The van der Waals surface area contributed by atoms with Crippen LogP contribution in [0.4, 0.5) is 0 Å². The summed E-state index contributed by atoms with van der Waals surface area (Å²) in [5.41, 5.74) is 0. The van der Waals surface area contributed by atoms with Gasteiger partial charge in [-0.05, 0) is 0 Å². The Balaban J connectivity index is 2.58. The molecule has 2 unspecified atom stereocenters. The van der Waals surface area contributed by atoms with Gasteiger partial charge in [-0.2, -0.15) is 0 Å². The van der Waals surface area contributed by atoms with Gasteiger partial charge in [0.1, 0.15) is 24.4 Å². The largest absolute Gasteiger partial charge is 0.394 e. The van der Waals surface area contributed by atoms with Gasteiger partial charge in [0.05, 0.1) is 6.61 Å². The second-order valence-corrected chi connectivity index (χ2v) is 2.72. The fraction of sp³-hybridized carbons (Fsp3) is 1.00. The monoisotopic (exact) mass is 180 g/mol. The molecule has 1 saturated heterocycles. The van der Waals surface area contributed by atoms with Crippen molar-refractivity contribution in [3.8, 4) is 0 Å². The van der Waals surface area contributed by atoms with Gasteiger partial charge in [-0.25, -0.2) is 0 Å². The van der Waals surface area contributed by atoms with Crippen molar-refractivity contribution in [3.05, 3.63) is 0 Å². The highest BCUT2D eigenvalue weighted by molar-refractivity contribution is 4.89. The van der Waals surface area contributed by atoms with Gasteiger partial charge in [0.2, 0.25) is 0 Å². The highest BCUT2D eigenvalue weighted by atomic mass is 16.6. The number of hydrogen-bond donors (Lipinski definition) is 5. The first-order valence-electron chi connectivity index (χ1n) is 3.56. The van der Waals surface area contributed by atoms with Crippen molar-refractivity contribution in [1.29, 1.82) is 0 Å². The average molecular weight is 180 g/mol. The zero-order valence-corrected chi connectivity index (χ0v) is 6.24. The van der Waals surface area contributed by atoms with E-state index in [2.05, 4.69) is 4.74 Å². The maximum absolute atomic E-state index is 9.12. The van der Waals surface area contributed by atoms with Gasteiger partial charge in [-0.1, -0.05) is 0 Å². The molecule has 1 rings (SSSR count). The fourth-order valence-corrected chi connectivity index (χ4v) is 1.11. The topological polar surface area (TPSA) is 110 Å². The Morgan fingerprint density at radius 1 is 1.17 bits per heavy atom. The van der Waals surface area contributed by atoms with Gasteiger partial charge in [0.15, 0.2) is 6.29 Å². The normalized spacial score (nSPS) is 44.8. The van der Waals surface area contributed by atoms with E-state index in [9.17, 15) is 0 Å². The molecule has 1 fully saturated rings. The molecule has 1 aliphatic heterocycles. The maximum atomic E-state index is 9.12. The predicted octanol–water partition coefficient (Wildman–Crippen LogP) is -3.22. The van der Waals surface area contributed by atoms with Crippen LogP contribution in [0.5, 0.6) is 0 Å². The first-order chi connectivity index (χ1) is 5.57. The van der Waals surface area contributed by atoms with Gasteiger partial charge in [0, 0.05) is 0 Å². The van der Waals surface area contributed by atoms with E-state index < -0.39 is 37.3 Å². The quantitative estimate of drug-likeness (QED) is 0.306. The van der Waals surface area contributed by atoms with E-state index in [0.29, 0.717) is 0 Å². The van der Waals surface area contributed by atoms with Gasteiger partial charge in [-0.15, -0.1) is 0 Å². The molecule has 0 aromatic heterocycles. The number of hydrogen-bond acceptors (Lipinski definition) is 6. The van der Waals surface area contributed by atoms with Crippen LogP contribution in [0.3, 0.4) is 0 Å². The molecule has 0 radical (unpaired) electrons. The third-order valence-corrected chi connectivity index (χ3v) is 1.84. The lowest BCUT2D eigenvalue weighted by Gasteiger charge is -2.18. The van der Waals surface area contributed by atoms with Crippen LogP contribution >= 0.6 is 0 Å². The molecule has 0 aromatic rings. The van der Waals surface area contributed by atoms with E-state index in [4.69, 9.17) is 25.5 Å². The summed E-state index contributed by atoms with van der Waals surface area (Å²) in [5, 5.41) is 44.4. The van der Waals surface area contributed by atoms with Gasteiger partial charge in [0.25, 0.3) is 0 Å². The first-order valence-corrected chi connectivity index (χ1v) is 3.56. The fourth-order valence-electron chi connectivity index (χ4n) is 1.11. The smallest absolute Gasteiger partial charge is 0.184 e. The van der Waals surface area contributed by atoms with E-state index in [0.717, 1.165) is 0 Å². The average Bonchev–Trinajstić information content (AvgIpc) is 2.32. The minimum atomic E-state index is -1.51. The Bertz CT molecular complexity index is 151. The third kappa shape index (κ3) is 1.58. The highest BCUT2D eigenvalue weighted by Gasteiger charge is 2.44. The van der Waals surface area contributed by atoms with Crippen LogP contribution in [-0.4, -0.2) is 62.8 Å². The van der Waals surface area contributed by atoms with Crippen molar-refractivity contribution in [2.24, 2.45) is 0 Å². The minimum absolute atomic E-state index is 0.596. The molecule has 72 valence electrons. The van der Waals surface area contributed by atoms with Crippen LogP contribution in [0.25, 0.3) is 0 Å². The molecular weight excluding hydrogens is 168 g/mol. The molecule has 0 spiro atoms. The molecule has 5 N–H and O–H groups in total. The SMILES string of the molecule is OC[C@H](O)[C@H]1O[C@@H](O)C(O)C1O. The van der Waals surface area contributed by atoms with Gasteiger partial charge in [-0.3, -0.25) is 0 Å². The summed E-state index contributed by atoms with van der Waals surface area (Å²) in [6, 6.07) is 0. The molecule has 0 aliphatic carbocycles. The van der Waals surface area contributed by atoms with Crippen molar-refractivity contribution < 1.29 is 30.3 Å². The lowest BCUT2D eigenvalue weighted by atomic mass is 10.1. The zero-order chi connectivity index (χ0) is 9.30. The first kappa shape index (κ1) is 9.85. The summed E-state index contributed by atoms with van der Waals surface area (Å²) < 4.78 is 4.58. The van der Waals surface area contributed by atoms with Crippen LogP contribution in [0, 0.1) is 0 Å². The zero-order valence-electron chi connectivity index (χ0n) is 6.24. The second-order valence-electron chi connectivity index (χ2n) is 2.72. The maximum Gasteiger partial charge on any atom is 0.184 e. The molecule has 1 heterocycles. The Morgan fingerprint density at radius 3 is 2.08 bits per heavy atom. The molecule has 0 bridgehead atoms. The lowest BCUT2D eigenvalue weighted by Crippen LogP contribution is -2.40. The molecule has 6 nitrogen and oxygen atoms in total. The number of ether oxygens (including phenoxy) is 1. The summed E-state index contributed by atoms with van der Waals surface area (Å²) in [6.45, 7) is -0.596. The van der Waals surface area contributed by atoms with Crippen molar-refractivity contribution >= 4 is 0 Å². The summed E-state index contributed by atoms with van der Waals surface area (Å²) in [4.78, 5) is 0. The molecule has 6 heteroatoms. The highest BCUT2D eigenvalue weighted by Crippen LogP contribution is 2.21. The summed E-state index contributed by atoms with van der Waals surface area (Å²) in [7, 11) is 0. The van der Waals surface area contributed by atoms with E-state index in [1.165, 1.54) is 0 Å². The number of aliphatic hydroxyl groups is 5. The summed E-state index contributed by atoms with van der Waals surface area (Å²) >= 11 is 0. The van der Waals surface area contributed by atoms with E-state index in [-0.39, 0.29) is 0 Å². The molecule has 5 atom stereocenters. The summed E-state index contributed by atoms with van der Waals surface area (Å²) in [6.07, 6.45) is -6.75. The Morgan fingerprint density at radius 2 is 1.75 bits per heavy atom. The Kier molecular flexibility index (Phi) is 2.99. The Hall–Kier alpha value is -0.240. The molecule has 0 amide bonds. The summed E-state index contributed by atoms with van der Waals surface area (Å²) in [5.74, 6) is 0. The lowest BCUT2D eigenvalue weighted by molar-refractivity contribution is -0.150. The molecule has 0 aromatic carbocycles. The molecular formula is C6H12O6.